The van der Waals surface area contributed by atoms with E-state index in [0.717, 1.165) is 22.2 Å². The van der Waals surface area contributed by atoms with Crippen molar-refractivity contribution in [3.8, 4) is 5.75 Å². The summed E-state index contributed by atoms with van der Waals surface area (Å²) in [5.41, 5.74) is 7.24. The highest BCUT2D eigenvalue weighted by atomic mass is 79.9. The van der Waals surface area contributed by atoms with E-state index in [1.165, 1.54) is 12.8 Å². The number of unbranched alkanes of at least 4 members (excludes halogenated alkanes) is 1. The molecule has 0 unspecified atom stereocenters. The second kappa shape index (κ2) is 7.93. The molecule has 1 aromatic rings. The van der Waals surface area contributed by atoms with E-state index in [-0.39, 0.29) is 18.4 Å². The molecule has 0 aromatic heterocycles. The highest BCUT2D eigenvalue weighted by molar-refractivity contribution is 9.10. The molecule has 0 bridgehead atoms. The summed E-state index contributed by atoms with van der Waals surface area (Å²) >= 11 is 3.46. The van der Waals surface area contributed by atoms with Gasteiger partial charge in [-0.25, -0.2) is 0 Å². The molecule has 0 aliphatic heterocycles. The third-order valence-electron chi connectivity index (χ3n) is 2.47. The van der Waals surface area contributed by atoms with E-state index in [0.29, 0.717) is 0 Å². The van der Waals surface area contributed by atoms with Gasteiger partial charge in [0.25, 0.3) is 0 Å². The van der Waals surface area contributed by atoms with Crippen LogP contribution in [0.25, 0.3) is 0 Å². The lowest BCUT2D eigenvalue weighted by molar-refractivity contribution is 0.411. The number of rotatable bonds is 5. The Bertz CT molecular complexity index is 320. The van der Waals surface area contributed by atoms with Crippen LogP contribution in [-0.4, -0.2) is 7.11 Å². The molecule has 0 saturated heterocycles. The second-order valence-corrected chi connectivity index (χ2v) is 4.50. The largest absolute Gasteiger partial charge is 0.496 e. The SMILES string of the molecule is CCCC[C@H](N)c1ccc(OC)c(Br)c1.Cl. The topological polar surface area (TPSA) is 35.2 Å². The lowest BCUT2D eigenvalue weighted by Gasteiger charge is -2.13. The van der Waals surface area contributed by atoms with Gasteiger partial charge in [0.15, 0.2) is 0 Å². The maximum absolute atomic E-state index is 6.08. The summed E-state index contributed by atoms with van der Waals surface area (Å²) in [7, 11) is 1.66. The first-order valence-electron chi connectivity index (χ1n) is 5.28. The van der Waals surface area contributed by atoms with Gasteiger partial charge < -0.3 is 10.5 Å². The van der Waals surface area contributed by atoms with Crippen LogP contribution in [0.1, 0.15) is 37.8 Å². The van der Waals surface area contributed by atoms with Crippen molar-refractivity contribution in [3.05, 3.63) is 28.2 Å². The molecule has 2 N–H and O–H groups in total. The van der Waals surface area contributed by atoms with Crippen molar-refractivity contribution < 1.29 is 4.74 Å². The van der Waals surface area contributed by atoms with Crippen LogP contribution < -0.4 is 10.5 Å². The summed E-state index contributed by atoms with van der Waals surface area (Å²) in [6.45, 7) is 2.18. The maximum Gasteiger partial charge on any atom is 0.133 e. The Balaban J connectivity index is 0.00000225. The highest BCUT2D eigenvalue weighted by Crippen LogP contribution is 2.28. The molecule has 16 heavy (non-hydrogen) atoms. The summed E-state index contributed by atoms with van der Waals surface area (Å²) in [5, 5.41) is 0. The predicted molar refractivity (Wildman–Crippen MR) is 74.4 cm³/mol. The number of hydrogen-bond donors (Lipinski definition) is 1. The normalized spacial score (nSPS) is 11.8. The molecule has 4 heteroatoms. The predicted octanol–water partition coefficient (Wildman–Crippen LogP) is 4.07. The molecule has 1 rings (SSSR count). The highest BCUT2D eigenvalue weighted by Gasteiger charge is 2.08. The summed E-state index contributed by atoms with van der Waals surface area (Å²) in [6, 6.07) is 6.15. The lowest BCUT2D eigenvalue weighted by Crippen LogP contribution is -2.09. The molecule has 2 nitrogen and oxygen atoms in total. The fourth-order valence-corrected chi connectivity index (χ4v) is 2.06. The summed E-state index contributed by atoms with van der Waals surface area (Å²) in [6.07, 6.45) is 3.39. The van der Waals surface area contributed by atoms with Crippen molar-refractivity contribution >= 4 is 28.3 Å². The van der Waals surface area contributed by atoms with Gasteiger partial charge in [0.1, 0.15) is 5.75 Å². The fourth-order valence-electron chi connectivity index (χ4n) is 1.50. The van der Waals surface area contributed by atoms with E-state index in [9.17, 15) is 0 Å². The lowest BCUT2D eigenvalue weighted by atomic mass is 10.0. The van der Waals surface area contributed by atoms with Gasteiger partial charge in [-0.3, -0.25) is 0 Å². The number of nitrogens with two attached hydrogens (primary N) is 1. The molecule has 0 saturated carbocycles. The van der Waals surface area contributed by atoms with E-state index in [1.807, 2.05) is 18.2 Å². The number of benzene rings is 1. The molecular formula is C12H19BrClNO. The van der Waals surface area contributed by atoms with Gasteiger partial charge in [-0.2, -0.15) is 0 Å². The van der Waals surface area contributed by atoms with Crippen molar-refractivity contribution in [1.29, 1.82) is 0 Å². The van der Waals surface area contributed by atoms with Gasteiger partial charge in [0, 0.05) is 6.04 Å². The van der Waals surface area contributed by atoms with Gasteiger partial charge >= 0.3 is 0 Å². The van der Waals surface area contributed by atoms with Gasteiger partial charge in [-0.1, -0.05) is 25.8 Å². The average molecular weight is 309 g/mol. The molecular weight excluding hydrogens is 289 g/mol. The molecule has 0 heterocycles. The van der Waals surface area contributed by atoms with Crippen LogP contribution >= 0.6 is 28.3 Å². The van der Waals surface area contributed by atoms with E-state index in [4.69, 9.17) is 10.5 Å². The molecule has 92 valence electrons. The van der Waals surface area contributed by atoms with Crippen LogP contribution in [0.5, 0.6) is 5.75 Å². The van der Waals surface area contributed by atoms with Crippen LogP contribution in [0.15, 0.2) is 22.7 Å². The van der Waals surface area contributed by atoms with Gasteiger partial charge in [0.05, 0.1) is 11.6 Å². The van der Waals surface area contributed by atoms with Crippen molar-refractivity contribution in [2.24, 2.45) is 5.73 Å². The third kappa shape index (κ3) is 4.32. The molecule has 1 aromatic carbocycles. The molecule has 0 radical (unpaired) electrons. The van der Waals surface area contributed by atoms with Gasteiger partial charge in [-0.15, -0.1) is 12.4 Å². The van der Waals surface area contributed by atoms with Crippen LogP contribution in [0.3, 0.4) is 0 Å². The van der Waals surface area contributed by atoms with Crippen molar-refractivity contribution in [2.75, 3.05) is 7.11 Å². The van der Waals surface area contributed by atoms with Crippen molar-refractivity contribution in [3.63, 3.8) is 0 Å². The van der Waals surface area contributed by atoms with Crippen molar-refractivity contribution in [2.45, 2.75) is 32.2 Å². The Morgan fingerprint density at radius 1 is 1.44 bits per heavy atom. The third-order valence-corrected chi connectivity index (χ3v) is 3.09. The summed E-state index contributed by atoms with van der Waals surface area (Å²) in [5.74, 6) is 0.849. The molecule has 1 atom stereocenters. The zero-order chi connectivity index (χ0) is 11.3. The number of methoxy groups -OCH3 is 1. The zero-order valence-corrected chi connectivity index (χ0v) is 12.1. The monoisotopic (exact) mass is 307 g/mol. The quantitative estimate of drug-likeness (QED) is 0.890. The number of halogens is 2. The Morgan fingerprint density at radius 3 is 2.62 bits per heavy atom. The standard InChI is InChI=1S/C12H18BrNO.ClH/c1-3-4-5-11(14)9-6-7-12(15-2)10(13)8-9;/h6-8,11H,3-5,14H2,1-2H3;1H/t11-;/m0./s1. The van der Waals surface area contributed by atoms with Crippen LogP contribution in [0.4, 0.5) is 0 Å². The first kappa shape index (κ1) is 15.8. The Morgan fingerprint density at radius 2 is 2.12 bits per heavy atom. The molecule has 0 aliphatic rings. The van der Waals surface area contributed by atoms with Crippen LogP contribution in [0.2, 0.25) is 0 Å². The van der Waals surface area contributed by atoms with E-state index < -0.39 is 0 Å². The van der Waals surface area contributed by atoms with E-state index in [2.05, 4.69) is 22.9 Å². The van der Waals surface area contributed by atoms with Crippen LogP contribution in [0, 0.1) is 0 Å². The van der Waals surface area contributed by atoms with Crippen molar-refractivity contribution in [1.82, 2.24) is 0 Å². The smallest absolute Gasteiger partial charge is 0.133 e. The summed E-state index contributed by atoms with van der Waals surface area (Å²) in [4.78, 5) is 0. The van der Waals surface area contributed by atoms with Gasteiger partial charge in [-0.05, 0) is 40.0 Å². The minimum Gasteiger partial charge on any atom is -0.496 e. The first-order chi connectivity index (χ1) is 7.19. The summed E-state index contributed by atoms with van der Waals surface area (Å²) < 4.78 is 6.14. The molecule has 0 amide bonds. The Hall–Kier alpha value is -0.250. The number of hydrogen-bond acceptors (Lipinski definition) is 2. The van der Waals surface area contributed by atoms with E-state index in [1.54, 1.807) is 7.11 Å². The minimum absolute atomic E-state index is 0. The van der Waals surface area contributed by atoms with Crippen LogP contribution in [-0.2, 0) is 0 Å². The molecule has 0 spiro atoms. The molecule has 0 fully saturated rings. The Kier molecular flexibility index (Phi) is 7.81. The van der Waals surface area contributed by atoms with Gasteiger partial charge in [0.2, 0.25) is 0 Å². The average Bonchev–Trinajstić information content (AvgIpc) is 2.25. The molecule has 0 aliphatic carbocycles. The Labute approximate surface area is 112 Å². The zero-order valence-electron chi connectivity index (χ0n) is 9.70. The maximum atomic E-state index is 6.08. The second-order valence-electron chi connectivity index (χ2n) is 3.64. The minimum atomic E-state index is 0. The first-order valence-corrected chi connectivity index (χ1v) is 6.07. The van der Waals surface area contributed by atoms with E-state index >= 15 is 0 Å². The fraction of sp³-hybridized carbons (Fsp3) is 0.500. The number of ether oxygens (including phenoxy) is 1.